The van der Waals surface area contributed by atoms with Gasteiger partial charge in [-0.05, 0) is 78.5 Å². The second kappa shape index (κ2) is 8.72. The molecule has 1 fully saturated rings. The summed E-state index contributed by atoms with van der Waals surface area (Å²) in [6.07, 6.45) is 4.81. The van der Waals surface area contributed by atoms with Crippen LogP contribution in [0.2, 0.25) is 0 Å². The van der Waals surface area contributed by atoms with E-state index >= 15 is 0 Å². The topological polar surface area (TPSA) is 44.4 Å². The molecule has 0 atom stereocenters. The summed E-state index contributed by atoms with van der Waals surface area (Å²) >= 11 is 2.34. The highest BCUT2D eigenvalue weighted by molar-refractivity contribution is 14.1. The molecule has 2 N–H and O–H groups in total. The van der Waals surface area contributed by atoms with Crippen molar-refractivity contribution in [3.05, 3.63) is 27.8 Å². The van der Waals surface area contributed by atoms with Gasteiger partial charge in [0, 0.05) is 35.9 Å². The van der Waals surface area contributed by atoms with Gasteiger partial charge in [-0.25, -0.2) is 0 Å². The normalized spacial score (nSPS) is 21.4. The van der Waals surface area contributed by atoms with Gasteiger partial charge in [-0.3, -0.25) is 4.79 Å². The zero-order valence-electron chi connectivity index (χ0n) is 13.4. The minimum Gasteiger partial charge on any atom is -0.374 e. The third-order valence-electron chi connectivity index (χ3n) is 4.48. The maximum Gasteiger partial charge on any atom is 0.233 e. The van der Waals surface area contributed by atoms with Crippen molar-refractivity contribution in [2.45, 2.75) is 31.7 Å². The maximum absolute atomic E-state index is 11.3. The van der Waals surface area contributed by atoms with E-state index in [0.717, 1.165) is 12.5 Å². The highest BCUT2D eigenvalue weighted by atomic mass is 127. The Morgan fingerprint density at radius 1 is 1.23 bits per heavy atom. The Kier molecular flexibility index (Phi) is 6.95. The second-order valence-corrected chi connectivity index (χ2v) is 7.37. The van der Waals surface area contributed by atoms with Crippen molar-refractivity contribution >= 4 is 34.2 Å². The number of halogens is 1. The van der Waals surface area contributed by atoms with Gasteiger partial charge in [0.1, 0.15) is 0 Å². The average Bonchev–Trinajstić information content (AvgIpc) is 2.54. The van der Waals surface area contributed by atoms with Crippen LogP contribution < -0.4 is 15.5 Å². The quantitative estimate of drug-likeness (QED) is 0.703. The predicted molar refractivity (Wildman–Crippen MR) is 100 cm³/mol. The van der Waals surface area contributed by atoms with Crippen molar-refractivity contribution in [1.82, 2.24) is 10.6 Å². The molecule has 4 nitrogen and oxygen atoms in total. The van der Waals surface area contributed by atoms with Crippen LogP contribution in [0.3, 0.4) is 0 Å². The molecule has 0 bridgehead atoms. The van der Waals surface area contributed by atoms with Gasteiger partial charge in [-0.1, -0.05) is 0 Å². The molecule has 122 valence electrons. The van der Waals surface area contributed by atoms with Gasteiger partial charge in [0.15, 0.2) is 0 Å². The van der Waals surface area contributed by atoms with Crippen molar-refractivity contribution in [3.63, 3.8) is 0 Å². The lowest BCUT2D eigenvalue weighted by molar-refractivity contribution is -0.119. The van der Waals surface area contributed by atoms with Crippen LogP contribution >= 0.6 is 22.6 Å². The van der Waals surface area contributed by atoms with Crippen LogP contribution in [0, 0.1) is 9.49 Å². The number of amides is 1. The van der Waals surface area contributed by atoms with Gasteiger partial charge in [-0.15, -0.1) is 0 Å². The van der Waals surface area contributed by atoms with Gasteiger partial charge in [0.05, 0.1) is 6.54 Å². The fourth-order valence-corrected chi connectivity index (χ4v) is 3.42. The number of hydrogen-bond acceptors (Lipinski definition) is 3. The molecule has 1 saturated carbocycles. The first kappa shape index (κ1) is 17.5. The number of nitrogens with zero attached hydrogens (tertiary/aromatic N) is 1. The van der Waals surface area contributed by atoms with Crippen molar-refractivity contribution in [1.29, 1.82) is 0 Å². The van der Waals surface area contributed by atoms with E-state index in [1.54, 1.807) is 7.05 Å². The number of carbonyl (C=O) groups is 1. The average molecular weight is 415 g/mol. The van der Waals surface area contributed by atoms with Crippen LogP contribution in [0.5, 0.6) is 0 Å². The van der Waals surface area contributed by atoms with Crippen LogP contribution in [0.4, 0.5) is 5.69 Å². The van der Waals surface area contributed by atoms with Gasteiger partial charge >= 0.3 is 0 Å². The molecule has 2 rings (SSSR count). The van der Waals surface area contributed by atoms with Crippen molar-refractivity contribution < 1.29 is 4.79 Å². The summed E-state index contributed by atoms with van der Waals surface area (Å²) in [6, 6.07) is 9.20. The lowest BCUT2D eigenvalue weighted by Crippen LogP contribution is -2.40. The monoisotopic (exact) mass is 415 g/mol. The summed E-state index contributed by atoms with van der Waals surface area (Å²) in [7, 11) is 3.86. The number of anilines is 1. The fourth-order valence-electron chi connectivity index (χ4n) is 3.06. The Morgan fingerprint density at radius 2 is 1.86 bits per heavy atom. The molecule has 1 aromatic rings. The van der Waals surface area contributed by atoms with Crippen molar-refractivity contribution in [2.75, 3.05) is 32.1 Å². The van der Waals surface area contributed by atoms with E-state index in [4.69, 9.17) is 0 Å². The van der Waals surface area contributed by atoms with E-state index in [0.29, 0.717) is 12.6 Å². The maximum atomic E-state index is 11.3. The molecule has 0 spiro atoms. The molecule has 1 aliphatic rings. The van der Waals surface area contributed by atoms with Gasteiger partial charge in [0.2, 0.25) is 5.91 Å². The number of nitrogens with one attached hydrogen (secondary N) is 2. The third-order valence-corrected chi connectivity index (χ3v) is 5.20. The van der Waals surface area contributed by atoms with E-state index in [1.165, 1.54) is 34.9 Å². The number of carbonyl (C=O) groups excluding carboxylic acids is 1. The lowest BCUT2D eigenvalue weighted by Gasteiger charge is -2.32. The molecule has 1 aromatic carbocycles. The summed E-state index contributed by atoms with van der Waals surface area (Å²) in [5.41, 5.74) is 1.29. The standard InChI is InChI=1S/C17H26IN3O/c1-19-17(22)11-20-15-7-3-13(4-8-15)12-21(2)16-9-5-14(18)6-10-16/h5-6,9-10,13,15,20H,3-4,7-8,11-12H2,1-2H3,(H,19,22). The summed E-state index contributed by atoms with van der Waals surface area (Å²) < 4.78 is 1.28. The third kappa shape index (κ3) is 5.43. The molecule has 1 aliphatic carbocycles. The van der Waals surface area contributed by atoms with Gasteiger partial charge in [0.25, 0.3) is 0 Å². The second-order valence-electron chi connectivity index (χ2n) is 6.13. The molecular formula is C17H26IN3O. The van der Waals surface area contributed by atoms with E-state index < -0.39 is 0 Å². The van der Waals surface area contributed by atoms with Crippen LogP contribution in [0.15, 0.2) is 24.3 Å². The first-order valence-electron chi connectivity index (χ1n) is 7.99. The summed E-state index contributed by atoms with van der Waals surface area (Å²) in [4.78, 5) is 13.6. The molecule has 0 aliphatic heterocycles. The zero-order valence-corrected chi connectivity index (χ0v) is 15.6. The van der Waals surface area contributed by atoms with E-state index in [9.17, 15) is 4.79 Å². The van der Waals surface area contributed by atoms with E-state index in [1.807, 2.05) is 0 Å². The molecular weight excluding hydrogens is 389 g/mol. The first-order chi connectivity index (χ1) is 10.6. The van der Waals surface area contributed by atoms with Crippen molar-refractivity contribution in [2.24, 2.45) is 5.92 Å². The molecule has 22 heavy (non-hydrogen) atoms. The molecule has 1 amide bonds. The van der Waals surface area contributed by atoms with Gasteiger partial charge in [-0.2, -0.15) is 0 Å². The minimum absolute atomic E-state index is 0.0700. The molecule has 0 aromatic heterocycles. The SMILES string of the molecule is CNC(=O)CNC1CCC(CN(C)c2ccc(I)cc2)CC1. The first-order valence-corrected chi connectivity index (χ1v) is 9.07. The number of likely N-dealkylation sites (N-methyl/N-ethyl adjacent to an activating group) is 1. The Labute approximate surface area is 147 Å². The summed E-state index contributed by atoms with van der Waals surface area (Å²) in [6.45, 7) is 1.55. The Balaban J connectivity index is 1.72. The molecule has 0 radical (unpaired) electrons. The van der Waals surface area contributed by atoms with Crippen LogP contribution in [0.1, 0.15) is 25.7 Å². The zero-order chi connectivity index (χ0) is 15.9. The van der Waals surface area contributed by atoms with E-state index in [-0.39, 0.29) is 5.91 Å². The van der Waals surface area contributed by atoms with Crippen LogP contribution in [0.25, 0.3) is 0 Å². The number of rotatable bonds is 6. The Morgan fingerprint density at radius 3 is 2.45 bits per heavy atom. The highest BCUT2D eigenvalue weighted by Crippen LogP contribution is 2.26. The Bertz CT molecular complexity index is 469. The largest absolute Gasteiger partial charge is 0.374 e. The summed E-state index contributed by atoms with van der Waals surface area (Å²) in [5.74, 6) is 0.822. The lowest BCUT2D eigenvalue weighted by atomic mass is 9.85. The molecule has 0 unspecified atom stereocenters. The van der Waals surface area contributed by atoms with Crippen LogP contribution in [-0.4, -0.2) is 39.1 Å². The molecule has 5 heteroatoms. The smallest absolute Gasteiger partial charge is 0.233 e. The Hall–Kier alpha value is -0.820. The van der Waals surface area contributed by atoms with Gasteiger partial charge < -0.3 is 15.5 Å². The number of hydrogen-bond donors (Lipinski definition) is 2. The minimum atomic E-state index is 0.0700. The molecule has 0 heterocycles. The van der Waals surface area contributed by atoms with Crippen LogP contribution in [-0.2, 0) is 4.79 Å². The molecule has 0 saturated heterocycles. The predicted octanol–water partition coefficient (Wildman–Crippen LogP) is 2.62. The summed E-state index contributed by atoms with van der Waals surface area (Å²) in [5, 5.41) is 6.01. The number of benzene rings is 1. The highest BCUT2D eigenvalue weighted by Gasteiger charge is 2.22. The van der Waals surface area contributed by atoms with Crippen molar-refractivity contribution in [3.8, 4) is 0 Å². The fraction of sp³-hybridized carbons (Fsp3) is 0.588. The van der Waals surface area contributed by atoms with E-state index in [2.05, 4.69) is 69.4 Å².